The molecule has 0 saturated carbocycles. The minimum atomic E-state index is 0.305. The number of nitrogens with zero attached hydrogens (tertiary/aromatic N) is 4. The zero-order chi connectivity index (χ0) is 14.5. The van der Waals surface area contributed by atoms with E-state index in [1.807, 2.05) is 23.9 Å². The van der Waals surface area contributed by atoms with Crippen LogP contribution in [0.15, 0.2) is 18.5 Å². The molecule has 0 spiro atoms. The van der Waals surface area contributed by atoms with Gasteiger partial charge in [-0.1, -0.05) is 13.8 Å². The maximum Gasteiger partial charge on any atom is 0.134 e. The Hall–Kier alpha value is -1.95. The molecule has 0 aliphatic carbocycles. The molecule has 0 atom stereocenters. The average Bonchev–Trinajstić information content (AvgIpc) is 2.83. The Kier molecular flexibility index (Phi) is 4.68. The van der Waals surface area contributed by atoms with Crippen LogP contribution in [0.1, 0.15) is 31.3 Å². The predicted octanol–water partition coefficient (Wildman–Crippen LogP) is 2.49. The summed E-state index contributed by atoms with van der Waals surface area (Å²) in [5, 5.41) is 7.52. The highest BCUT2D eigenvalue weighted by atomic mass is 16.5. The fourth-order valence-corrected chi connectivity index (χ4v) is 1.80. The first-order chi connectivity index (χ1) is 9.58. The van der Waals surface area contributed by atoms with Crippen LogP contribution in [-0.4, -0.2) is 33.5 Å². The second-order valence-electron chi connectivity index (χ2n) is 5.02. The van der Waals surface area contributed by atoms with Crippen LogP contribution >= 0.6 is 0 Å². The van der Waals surface area contributed by atoms with E-state index in [1.54, 1.807) is 13.3 Å². The van der Waals surface area contributed by atoms with Gasteiger partial charge in [-0.25, -0.2) is 9.97 Å². The van der Waals surface area contributed by atoms with Crippen molar-refractivity contribution in [2.75, 3.05) is 19.0 Å². The second-order valence-corrected chi connectivity index (χ2v) is 5.02. The van der Waals surface area contributed by atoms with E-state index in [1.165, 1.54) is 0 Å². The van der Waals surface area contributed by atoms with Gasteiger partial charge in [-0.15, -0.1) is 0 Å². The number of rotatable bonds is 6. The van der Waals surface area contributed by atoms with Crippen molar-refractivity contribution in [2.45, 2.75) is 33.2 Å². The van der Waals surface area contributed by atoms with Crippen molar-refractivity contribution in [1.82, 2.24) is 19.7 Å². The number of ether oxygens (including phenoxy) is 1. The molecule has 2 aromatic rings. The van der Waals surface area contributed by atoms with Crippen molar-refractivity contribution >= 4 is 11.5 Å². The molecule has 1 N–H and O–H groups in total. The molecule has 6 nitrogen and oxygen atoms in total. The minimum absolute atomic E-state index is 0.305. The number of methoxy groups -OCH3 is 1. The number of hydrogen-bond donors (Lipinski definition) is 1. The molecule has 0 fully saturated rings. The highest BCUT2D eigenvalue weighted by molar-refractivity contribution is 5.54. The topological polar surface area (TPSA) is 64.9 Å². The first-order valence-corrected chi connectivity index (χ1v) is 6.72. The molecule has 0 aliphatic heterocycles. The van der Waals surface area contributed by atoms with Crippen LogP contribution in [0.4, 0.5) is 11.5 Å². The van der Waals surface area contributed by atoms with Crippen molar-refractivity contribution in [1.29, 1.82) is 0 Å². The van der Waals surface area contributed by atoms with E-state index in [2.05, 4.69) is 34.2 Å². The lowest BCUT2D eigenvalue weighted by molar-refractivity contribution is 0.183. The van der Waals surface area contributed by atoms with E-state index in [0.29, 0.717) is 12.5 Å². The van der Waals surface area contributed by atoms with Crippen LogP contribution in [0, 0.1) is 6.92 Å². The van der Waals surface area contributed by atoms with Crippen LogP contribution in [0.5, 0.6) is 0 Å². The first kappa shape index (κ1) is 14.5. The van der Waals surface area contributed by atoms with Gasteiger partial charge in [-0.05, 0) is 6.92 Å². The summed E-state index contributed by atoms with van der Waals surface area (Å²) < 4.78 is 6.87. The summed E-state index contributed by atoms with van der Waals surface area (Å²) in [5.74, 6) is 1.95. The Morgan fingerprint density at radius 2 is 2.15 bits per heavy atom. The van der Waals surface area contributed by atoms with Gasteiger partial charge in [0, 0.05) is 31.0 Å². The van der Waals surface area contributed by atoms with Gasteiger partial charge in [0.2, 0.25) is 0 Å². The maximum atomic E-state index is 5.03. The third-order valence-corrected chi connectivity index (χ3v) is 2.82. The lowest BCUT2D eigenvalue weighted by atomic mass is 10.2. The molecule has 0 unspecified atom stereocenters. The van der Waals surface area contributed by atoms with Crippen molar-refractivity contribution < 1.29 is 4.74 Å². The number of anilines is 2. The van der Waals surface area contributed by atoms with Crippen molar-refractivity contribution in [3.05, 3.63) is 30.0 Å². The van der Waals surface area contributed by atoms with Gasteiger partial charge in [0.1, 0.15) is 11.6 Å². The highest BCUT2D eigenvalue weighted by Gasteiger charge is 2.07. The molecule has 0 aliphatic rings. The Morgan fingerprint density at radius 3 is 2.85 bits per heavy atom. The molecule has 0 radical (unpaired) electrons. The van der Waals surface area contributed by atoms with Crippen LogP contribution in [0.25, 0.3) is 0 Å². The Bertz CT molecular complexity index is 564. The van der Waals surface area contributed by atoms with Gasteiger partial charge in [0.05, 0.1) is 25.0 Å². The summed E-state index contributed by atoms with van der Waals surface area (Å²) in [6.45, 7) is 7.52. The largest absolute Gasteiger partial charge is 0.383 e. The summed E-state index contributed by atoms with van der Waals surface area (Å²) in [5.41, 5.74) is 1.87. The molecule has 0 aromatic carbocycles. The molecule has 2 aromatic heterocycles. The smallest absolute Gasteiger partial charge is 0.134 e. The second kappa shape index (κ2) is 6.47. The standard InChI is InChI=1S/C14H21N5O/c1-10(2)14-16-11(3)7-13(18-14)17-12-8-15-19(9-12)5-6-20-4/h7-10H,5-6H2,1-4H3,(H,16,17,18). The normalized spacial score (nSPS) is 11.1. The van der Waals surface area contributed by atoms with Crippen LogP contribution in [0.2, 0.25) is 0 Å². The zero-order valence-corrected chi connectivity index (χ0v) is 12.4. The molecular formula is C14H21N5O. The number of hydrogen-bond acceptors (Lipinski definition) is 5. The van der Waals surface area contributed by atoms with E-state index in [4.69, 9.17) is 4.74 Å². The van der Waals surface area contributed by atoms with Crippen molar-refractivity contribution in [2.24, 2.45) is 0 Å². The third-order valence-electron chi connectivity index (χ3n) is 2.82. The fourth-order valence-electron chi connectivity index (χ4n) is 1.80. The lowest BCUT2D eigenvalue weighted by Crippen LogP contribution is -2.04. The Morgan fingerprint density at radius 1 is 1.35 bits per heavy atom. The van der Waals surface area contributed by atoms with Gasteiger partial charge in [0.25, 0.3) is 0 Å². The summed E-state index contributed by atoms with van der Waals surface area (Å²) in [7, 11) is 1.68. The summed E-state index contributed by atoms with van der Waals surface area (Å²) in [6.07, 6.45) is 3.72. The number of aryl methyl sites for hydroxylation is 1. The summed E-state index contributed by atoms with van der Waals surface area (Å²) >= 11 is 0. The monoisotopic (exact) mass is 275 g/mol. The molecule has 108 valence electrons. The molecule has 20 heavy (non-hydrogen) atoms. The summed E-state index contributed by atoms with van der Waals surface area (Å²) in [4.78, 5) is 8.95. The predicted molar refractivity (Wildman–Crippen MR) is 78.2 cm³/mol. The number of aromatic nitrogens is 4. The van der Waals surface area contributed by atoms with Crippen LogP contribution in [-0.2, 0) is 11.3 Å². The Balaban J connectivity index is 2.11. The lowest BCUT2D eigenvalue weighted by Gasteiger charge is -2.08. The molecule has 6 heteroatoms. The summed E-state index contributed by atoms with van der Waals surface area (Å²) in [6, 6.07) is 1.93. The van der Waals surface area contributed by atoms with Gasteiger partial charge < -0.3 is 10.1 Å². The first-order valence-electron chi connectivity index (χ1n) is 6.72. The average molecular weight is 275 g/mol. The van der Waals surface area contributed by atoms with Crippen molar-refractivity contribution in [3.63, 3.8) is 0 Å². The SMILES string of the molecule is COCCn1cc(Nc2cc(C)nc(C(C)C)n2)cn1. The maximum absolute atomic E-state index is 5.03. The molecule has 0 saturated heterocycles. The molecular weight excluding hydrogens is 254 g/mol. The fraction of sp³-hybridized carbons (Fsp3) is 0.500. The molecule has 0 bridgehead atoms. The molecule has 2 rings (SSSR count). The minimum Gasteiger partial charge on any atom is -0.383 e. The van der Waals surface area contributed by atoms with E-state index in [-0.39, 0.29) is 0 Å². The van der Waals surface area contributed by atoms with E-state index in [0.717, 1.165) is 29.6 Å². The van der Waals surface area contributed by atoms with E-state index < -0.39 is 0 Å². The number of nitrogens with one attached hydrogen (secondary N) is 1. The van der Waals surface area contributed by atoms with Crippen LogP contribution in [0.3, 0.4) is 0 Å². The van der Waals surface area contributed by atoms with Gasteiger partial charge >= 0.3 is 0 Å². The molecule has 2 heterocycles. The van der Waals surface area contributed by atoms with Gasteiger partial charge in [-0.3, -0.25) is 4.68 Å². The third kappa shape index (κ3) is 3.77. The van der Waals surface area contributed by atoms with E-state index >= 15 is 0 Å². The quantitative estimate of drug-likeness (QED) is 0.877. The van der Waals surface area contributed by atoms with Crippen molar-refractivity contribution in [3.8, 4) is 0 Å². The van der Waals surface area contributed by atoms with Crippen LogP contribution < -0.4 is 5.32 Å². The van der Waals surface area contributed by atoms with Gasteiger partial charge in [0.15, 0.2) is 0 Å². The van der Waals surface area contributed by atoms with Gasteiger partial charge in [-0.2, -0.15) is 5.10 Å². The van der Waals surface area contributed by atoms with E-state index in [9.17, 15) is 0 Å². The zero-order valence-electron chi connectivity index (χ0n) is 12.4. The Labute approximate surface area is 119 Å². The highest BCUT2D eigenvalue weighted by Crippen LogP contribution is 2.17. The molecule has 0 amide bonds.